The van der Waals surface area contributed by atoms with Crippen molar-refractivity contribution in [2.45, 2.75) is 57.3 Å². The van der Waals surface area contributed by atoms with Crippen molar-refractivity contribution in [3.8, 4) is 0 Å². The van der Waals surface area contributed by atoms with Gasteiger partial charge >= 0.3 is 0 Å². The monoisotopic (exact) mass is 240 g/mol. The zero-order valence-electron chi connectivity index (χ0n) is 9.99. The molecule has 1 fully saturated rings. The second-order valence-electron chi connectivity index (χ2n) is 5.43. The summed E-state index contributed by atoms with van der Waals surface area (Å²) in [6.45, 7) is 7.28. The maximum atomic E-state index is 2.43. The molecule has 0 N–H and O–H groups in total. The van der Waals surface area contributed by atoms with Gasteiger partial charge in [0.1, 0.15) is 0 Å². The van der Waals surface area contributed by atoms with Crippen molar-refractivity contribution >= 4 is 23.9 Å². The Hall–Kier alpha value is 0.130. The molecule has 0 spiro atoms. The first-order valence-corrected chi connectivity index (χ1v) is 8.21. The van der Waals surface area contributed by atoms with Crippen LogP contribution in [0.5, 0.6) is 0 Å². The molecule has 15 heavy (non-hydrogen) atoms. The Balaban J connectivity index is 2.24. The fourth-order valence-corrected chi connectivity index (χ4v) is 8.23. The molecule has 1 saturated carbocycles. The molecule has 0 aliphatic heterocycles. The fourth-order valence-electron chi connectivity index (χ4n) is 2.63. The molecule has 1 unspecified atom stereocenters. The lowest BCUT2D eigenvalue weighted by Gasteiger charge is -2.35. The predicted molar refractivity (Wildman–Crippen MR) is 72.9 cm³/mol. The Morgan fingerprint density at radius 1 is 1.27 bits per heavy atom. The van der Waals surface area contributed by atoms with Crippen LogP contribution in [0.15, 0.2) is 17.5 Å². The predicted octanol–water partition coefficient (Wildman–Crippen LogP) is 4.60. The summed E-state index contributed by atoms with van der Waals surface area (Å²) in [6.07, 6.45) is 5.87. The molecule has 0 bridgehead atoms. The van der Waals surface area contributed by atoms with E-state index in [0.717, 1.165) is 5.66 Å². The molecule has 1 aliphatic rings. The lowest BCUT2D eigenvalue weighted by molar-refractivity contribution is 0.758. The second kappa shape index (κ2) is 4.55. The maximum Gasteiger partial charge on any atom is 0.0286 e. The summed E-state index contributed by atoms with van der Waals surface area (Å²) in [5, 5.41) is 2.72. The van der Waals surface area contributed by atoms with Crippen LogP contribution in [0.1, 0.15) is 46.5 Å². The molecule has 1 aliphatic carbocycles. The molecule has 2 heteroatoms. The second-order valence-corrected chi connectivity index (χ2v) is 9.97. The van der Waals surface area contributed by atoms with E-state index in [2.05, 4.69) is 38.3 Å². The minimum absolute atomic E-state index is 0.0576. The van der Waals surface area contributed by atoms with Crippen LogP contribution in [0, 0.1) is 0 Å². The van der Waals surface area contributed by atoms with Crippen molar-refractivity contribution in [1.82, 2.24) is 0 Å². The Morgan fingerprint density at radius 3 is 2.40 bits per heavy atom. The molecule has 1 aromatic heterocycles. The van der Waals surface area contributed by atoms with Crippen LogP contribution in [-0.2, 0) is 0 Å². The first-order chi connectivity index (χ1) is 7.09. The van der Waals surface area contributed by atoms with Crippen molar-refractivity contribution in [1.29, 1.82) is 0 Å². The van der Waals surface area contributed by atoms with Crippen molar-refractivity contribution in [3.05, 3.63) is 17.5 Å². The SMILES string of the molecule is CC(C)(C)P(c1cccs1)C1CCCC1. The summed E-state index contributed by atoms with van der Waals surface area (Å²) >= 11 is 1.97. The molecule has 0 amide bonds. The van der Waals surface area contributed by atoms with Gasteiger partial charge in [0.25, 0.3) is 0 Å². The lowest BCUT2D eigenvalue weighted by Crippen LogP contribution is -2.24. The van der Waals surface area contributed by atoms with E-state index in [1.807, 2.05) is 11.3 Å². The third-order valence-corrected chi connectivity index (χ3v) is 8.05. The number of rotatable bonds is 2. The van der Waals surface area contributed by atoms with Crippen LogP contribution in [0.3, 0.4) is 0 Å². The van der Waals surface area contributed by atoms with E-state index in [0.29, 0.717) is 5.16 Å². The van der Waals surface area contributed by atoms with E-state index in [-0.39, 0.29) is 7.92 Å². The van der Waals surface area contributed by atoms with Crippen LogP contribution >= 0.6 is 19.3 Å². The molecule has 2 rings (SSSR count). The normalized spacial score (nSPS) is 20.7. The number of hydrogen-bond acceptors (Lipinski definition) is 1. The highest BCUT2D eigenvalue weighted by atomic mass is 32.1. The molecule has 0 nitrogen and oxygen atoms in total. The zero-order chi connectivity index (χ0) is 10.9. The largest absolute Gasteiger partial charge is 0.144 e. The van der Waals surface area contributed by atoms with Crippen LogP contribution in [0.4, 0.5) is 0 Å². The van der Waals surface area contributed by atoms with Gasteiger partial charge in [-0.05, 0) is 35.1 Å². The van der Waals surface area contributed by atoms with Gasteiger partial charge in [-0.2, -0.15) is 0 Å². The van der Waals surface area contributed by atoms with E-state index in [4.69, 9.17) is 0 Å². The molecule has 84 valence electrons. The van der Waals surface area contributed by atoms with Gasteiger partial charge in [0.15, 0.2) is 0 Å². The highest BCUT2D eigenvalue weighted by molar-refractivity contribution is 7.73. The van der Waals surface area contributed by atoms with E-state index < -0.39 is 0 Å². The molecule has 0 saturated heterocycles. The molecule has 0 aromatic carbocycles. The maximum absolute atomic E-state index is 2.43. The third-order valence-electron chi connectivity index (χ3n) is 3.16. The van der Waals surface area contributed by atoms with Crippen LogP contribution in [0.25, 0.3) is 0 Å². The van der Waals surface area contributed by atoms with Gasteiger partial charge in [-0.15, -0.1) is 11.3 Å². The summed E-state index contributed by atoms with van der Waals surface area (Å²) in [4.78, 5) is 0. The first-order valence-electron chi connectivity index (χ1n) is 5.92. The highest BCUT2D eigenvalue weighted by Crippen LogP contribution is 2.57. The Morgan fingerprint density at radius 2 is 1.93 bits per heavy atom. The highest BCUT2D eigenvalue weighted by Gasteiger charge is 2.34. The van der Waals surface area contributed by atoms with Gasteiger partial charge in [-0.1, -0.05) is 47.6 Å². The average Bonchev–Trinajstić information content (AvgIpc) is 2.73. The molecule has 1 aromatic rings. The topological polar surface area (TPSA) is 0 Å². The van der Waals surface area contributed by atoms with Gasteiger partial charge < -0.3 is 0 Å². The van der Waals surface area contributed by atoms with Crippen LogP contribution in [-0.4, -0.2) is 10.8 Å². The third kappa shape index (κ3) is 2.63. The first kappa shape index (κ1) is 11.6. The van der Waals surface area contributed by atoms with E-state index in [1.54, 1.807) is 4.62 Å². The molecule has 0 radical (unpaired) electrons. The van der Waals surface area contributed by atoms with Gasteiger partial charge in [0.2, 0.25) is 0 Å². The van der Waals surface area contributed by atoms with E-state index >= 15 is 0 Å². The van der Waals surface area contributed by atoms with Gasteiger partial charge in [0, 0.05) is 4.62 Å². The summed E-state index contributed by atoms with van der Waals surface area (Å²) in [7, 11) is 0.0576. The molecular weight excluding hydrogens is 219 g/mol. The Kier molecular flexibility index (Phi) is 3.52. The Bertz CT molecular complexity index is 291. The number of thiophene rings is 1. The van der Waals surface area contributed by atoms with E-state index in [9.17, 15) is 0 Å². The van der Waals surface area contributed by atoms with E-state index in [1.165, 1.54) is 25.7 Å². The zero-order valence-corrected chi connectivity index (χ0v) is 11.7. The minimum Gasteiger partial charge on any atom is -0.144 e. The number of hydrogen-bond donors (Lipinski definition) is 0. The summed E-state index contributed by atoms with van der Waals surface area (Å²) in [6, 6.07) is 4.58. The quantitative estimate of drug-likeness (QED) is 0.663. The van der Waals surface area contributed by atoms with Gasteiger partial charge in [0.05, 0.1) is 0 Å². The lowest BCUT2D eigenvalue weighted by atomic mass is 10.3. The molecule has 1 atom stereocenters. The fraction of sp³-hybridized carbons (Fsp3) is 0.692. The molecule has 1 heterocycles. The smallest absolute Gasteiger partial charge is 0.0286 e. The Labute approximate surface area is 98.9 Å². The van der Waals surface area contributed by atoms with Gasteiger partial charge in [-0.3, -0.25) is 0 Å². The van der Waals surface area contributed by atoms with Gasteiger partial charge in [-0.25, -0.2) is 0 Å². The minimum atomic E-state index is 0.0576. The van der Waals surface area contributed by atoms with Crippen LogP contribution < -0.4 is 4.62 Å². The van der Waals surface area contributed by atoms with Crippen molar-refractivity contribution in [2.24, 2.45) is 0 Å². The van der Waals surface area contributed by atoms with Crippen LogP contribution in [0.2, 0.25) is 0 Å². The van der Waals surface area contributed by atoms with Crippen molar-refractivity contribution in [2.75, 3.05) is 0 Å². The molecular formula is C13H21PS. The van der Waals surface area contributed by atoms with Crippen molar-refractivity contribution in [3.63, 3.8) is 0 Å². The summed E-state index contributed by atoms with van der Waals surface area (Å²) < 4.78 is 1.67. The summed E-state index contributed by atoms with van der Waals surface area (Å²) in [5.41, 5.74) is 0.999. The standard InChI is InChI=1S/C13H21PS/c1-13(2,3)14(11-7-4-5-8-11)12-9-6-10-15-12/h6,9-11H,4-5,7-8H2,1-3H3. The average molecular weight is 240 g/mol. The van der Waals surface area contributed by atoms with Crippen molar-refractivity contribution < 1.29 is 0 Å². The summed E-state index contributed by atoms with van der Waals surface area (Å²) in [5.74, 6) is 0.